The average Bonchev–Trinajstić information content (AvgIpc) is 2.81. The van der Waals surface area contributed by atoms with E-state index < -0.39 is 42.1 Å². The van der Waals surface area contributed by atoms with E-state index >= 15 is 0 Å². The minimum absolute atomic E-state index is 0.0235. The highest BCUT2D eigenvalue weighted by atomic mass is 16.7. The van der Waals surface area contributed by atoms with Crippen molar-refractivity contribution in [3.05, 3.63) is 0 Å². The van der Waals surface area contributed by atoms with Crippen LogP contribution >= 0.6 is 0 Å². The van der Waals surface area contributed by atoms with Crippen molar-refractivity contribution in [1.82, 2.24) is 0 Å². The van der Waals surface area contributed by atoms with Crippen LogP contribution in [0, 0.1) is 29.6 Å². The number of methoxy groups -OCH3 is 1. The van der Waals surface area contributed by atoms with Crippen molar-refractivity contribution in [2.75, 3.05) is 13.7 Å². The topological polar surface area (TPSA) is 112 Å². The van der Waals surface area contributed by atoms with Crippen molar-refractivity contribution < 1.29 is 38.7 Å². The fourth-order valence-electron chi connectivity index (χ4n) is 5.61. The van der Waals surface area contributed by atoms with Gasteiger partial charge in [-0.15, -0.1) is 0 Å². The van der Waals surface area contributed by atoms with Crippen LogP contribution in [-0.2, 0) is 28.5 Å². The van der Waals surface area contributed by atoms with Crippen molar-refractivity contribution in [2.24, 2.45) is 29.6 Å². The van der Waals surface area contributed by atoms with E-state index in [1.54, 1.807) is 6.92 Å². The molecule has 0 aromatic heterocycles. The van der Waals surface area contributed by atoms with Crippen LogP contribution in [0.2, 0.25) is 0 Å². The lowest BCUT2D eigenvalue weighted by molar-refractivity contribution is -0.271. The first-order chi connectivity index (χ1) is 16.3. The van der Waals surface area contributed by atoms with Crippen LogP contribution in [0.1, 0.15) is 80.6 Å². The molecule has 8 heteroatoms. The number of carbonyl (C=O) groups is 2. The number of aliphatic hydroxyl groups is 2. The Morgan fingerprint density at radius 1 is 1.03 bits per heavy atom. The molecule has 2 N–H and O–H groups in total. The number of hydrogen-bond acceptors (Lipinski definition) is 8. The third-order valence-electron chi connectivity index (χ3n) is 8.33. The third kappa shape index (κ3) is 7.71. The highest BCUT2D eigenvalue weighted by Gasteiger charge is 2.43. The Morgan fingerprint density at radius 3 is 2.20 bits per heavy atom. The van der Waals surface area contributed by atoms with E-state index in [4.69, 9.17) is 18.9 Å². The van der Waals surface area contributed by atoms with Crippen LogP contribution in [0.15, 0.2) is 0 Å². The van der Waals surface area contributed by atoms with Gasteiger partial charge < -0.3 is 29.2 Å². The number of Topliss-reactive ketones (excluding diaryl/α,β-unsaturated/α-hetero) is 1. The van der Waals surface area contributed by atoms with E-state index in [-0.39, 0.29) is 55.0 Å². The molecule has 2 saturated heterocycles. The lowest BCUT2D eigenvalue weighted by Crippen LogP contribution is -2.53. The summed E-state index contributed by atoms with van der Waals surface area (Å²) in [6.45, 7) is 13.5. The van der Waals surface area contributed by atoms with E-state index in [0.717, 1.165) is 0 Å². The summed E-state index contributed by atoms with van der Waals surface area (Å²) in [6.07, 6.45) is -1.12. The maximum Gasteiger partial charge on any atom is 0.308 e. The molecule has 11 atom stereocenters. The second kappa shape index (κ2) is 13.0. The second-order valence-electron chi connectivity index (χ2n) is 11.3. The van der Waals surface area contributed by atoms with E-state index in [2.05, 4.69) is 0 Å². The summed E-state index contributed by atoms with van der Waals surface area (Å²) < 4.78 is 23.4. The highest BCUT2D eigenvalue weighted by molar-refractivity contribution is 5.82. The molecular formula is C27H48O8. The van der Waals surface area contributed by atoms with Gasteiger partial charge in [-0.05, 0) is 38.0 Å². The molecule has 35 heavy (non-hydrogen) atoms. The number of rotatable bonds is 4. The Balaban J connectivity index is 2.29. The number of ketones is 1. The van der Waals surface area contributed by atoms with Gasteiger partial charge in [-0.2, -0.15) is 0 Å². The highest BCUT2D eigenvalue weighted by Crippen LogP contribution is 2.34. The number of ether oxygens (including phenoxy) is 4. The summed E-state index contributed by atoms with van der Waals surface area (Å²) in [6, 6.07) is 0. The quantitative estimate of drug-likeness (QED) is 0.564. The molecule has 8 unspecified atom stereocenters. The minimum Gasteiger partial charge on any atom is -0.462 e. The van der Waals surface area contributed by atoms with E-state index in [1.807, 2.05) is 41.5 Å². The number of carbonyl (C=O) groups excluding carboxylic acids is 2. The van der Waals surface area contributed by atoms with Gasteiger partial charge >= 0.3 is 5.97 Å². The van der Waals surface area contributed by atoms with Gasteiger partial charge in [-0.1, -0.05) is 41.5 Å². The predicted octanol–water partition coefficient (Wildman–Crippen LogP) is 3.50. The van der Waals surface area contributed by atoms with Gasteiger partial charge in [-0.25, -0.2) is 0 Å². The van der Waals surface area contributed by atoms with Gasteiger partial charge in [0.15, 0.2) is 6.29 Å². The second-order valence-corrected chi connectivity index (χ2v) is 11.3. The summed E-state index contributed by atoms with van der Waals surface area (Å²) >= 11 is 0. The van der Waals surface area contributed by atoms with Crippen molar-refractivity contribution in [3.63, 3.8) is 0 Å². The Bertz CT molecular complexity index is 699. The van der Waals surface area contributed by atoms with Crippen LogP contribution in [0.4, 0.5) is 0 Å². The van der Waals surface area contributed by atoms with Crippen molar-refractivity contribution >= 4 is 11.8 Å². The first-order valence-electron chi connectivity index (χ1n) is 13.2. The fraction of sp³-hybridized carbons (Fsp3) is 0.926. The van der Waals surface area contributed by atoms with Gasteiger partial charge in [0.1, 0.15) is 18.0 Å². The lowest BCUT2D eigenvalue weighted by Gasteiger charge is -2.42. The third-order valence-corrected chi connectivity index (χ3v) is 8.33. The normalized spacial score (nSPS) is 45.0. The van der Waals surface area contributed by atoms with Crippen LogP contribution in [0.3, 0.4) is 0 Å². The molecule has 8 nitrogen and oxygen atoms in total. The molecule has 0 saturated carbocycles. The Labute approximate surface area is 211 Å². The zero-order valence-electron chi connectivity index (χ0n) is 22.9. The minimum atomic E-state index is -0.838. The Hall–Kier alpha value is -1.06. The van der Waals surface area contributed by atoms with Gasteiger partial charge in [0.05, 0.1) is 30.8 Å². The molecule has 2 fully saturated rings. The molecule has 0 spiro atoms. The van der Waals surface area contributed by atoms with Crippen molar-refractivity contribution in [1.29, 1.82) is 0 Å². The summed E-state index contributed by atoms with van der Waals surface area (Å²) in [7, 11) is 1.54. The molecule has 2 heterocycles. The van der Waals surface area contributed by atoms with E-state index in [9.17, 15) is 19.8 Å². The molecule has 2 aliphatic heterocycles. The molecule has 0 aromatic rings. The standard InChI is InChI=1S/C27H48O8/c1-9-20-15(2)10-16(3)25(30)17(4)11-18(5)26(31)19(6)21(12-23(29)34-20)35-24-13-27(7,32-8)22(28)14-33-24/h15-22,24,26,28,31H,9-14H2,1-8H3/t15?,16-,17?,18?,19?,20?,21?,22?,24+,26?,27-/m1/s1. The summed E-state index contributed by atoms with van der Waals surface area (Å²) in [5.74, 6) is -1.06. The Morgan fingerprint density at radius 2 is 1.63 bits per heavy atom. The first kappa shape index (κ1) is 30.2. The smallest absolute Gasteiger partial charge is 0.308 e. The molecule has 0 aliphatic carbocycles. The Kier molecular flexibility index (Phi) is 11.2. The lowest BCUT2D eigenvalue weighted by atomic mass is 9.79. The molecule has 0 bridgehead atoms. The van der Waals surface area contributed by atoms with Crippen LogP contribution in [0.25, 0.3) is 0 Å². The maximum absolute atomic E-state index is 13.0. The van der Waals surface area contributed by atoms with Crippen molar-refractivity contribution in [3.8, 4) is 0 Å². The average molecular weight is 501 g/mol. The van der Waals surface area contributed by atoms with Gasteiger partial charge in [-0.3, -0.25) is 9.59 Å². The molecule has 2 aliphatic rings. The first-order valence-corrected chi connectivity index (χ1v) is 13.2. The summed E-state index contributed by atoms with van der Waals surface area (Å²) in [5, 5.41) is 21.5. The largest absolute Gasteiger partial charge is 0.462 e. The van der Waals surface area contributed by atoms with Crippen LogP contribution < -0.4 is 0 Å². The van der Waals surface area contributed by atoms with Crippen molar-refractivity contribution in [2.45, 2.75) is 117 Å². The predicted molar refractivity (Wildman–Crippen MR) is 132 cm³/mol. The van der Waals surface area contributed by atoms with Gasteiger partial charge in [0, 0.05) is 31.3 Å². The molecule has 204 valence electrons. The fourth-order valence-corrected chi connectivity index (χ4v) is 5.61. The van der Waals surface area contributed by atoms with Crippen LogP contribution in [0.5, 0.6) is 0 Å². The monoisotopic (exact) mass is 500 g/mol. The summed E-state index contributed by atoms with van der Waals surface area (Å²) in [4.78, 5) is 26.1. The number of hydrogen-bond donors (Lipinski definition) is 2. The molecule has 0 aromatic carbocycles. The molecule has 2 rings (SSSR count). The SMILES string of the molecule is CCC1OC(=O)CC(O[C@H]2C[C@@](C)(OC)C(O)CO2)C(C)C(O)C(C)CC(C)C(=O)[C@H](C)CC1C. The zero-order valence-corrected chi connectivity index (χ0v) is 22.9. The number of aliphatic hydroxyl groups excluding tert-OH is 2. The maximum atomic E-state index is 13.0. The number of cyclic esters (lactones) is 1. The van der Waals surface area contributed by atoms with E-state index in [1.165, 1.54) is 7.11 Å². The molecule has 0 amide bonds. The zero-order chi connectivity index (χ0) is 26.5. The van der Waals surface area contributed by atoms with Gasteiger partial charge in [0.25, 0.3) is 0 Å². The summed E-state index contributed by atoms with van der Waals surface area (Å²) in [5.41, 5.74) is -0.838. The van der Waals surface area contributed by atoms with Gasteiger partial charge in [0.2, 0.25) is 0 Å². The molecule has 0 radical (unpaired) electrons. The van der Waals surface area contributed by atoms with Crippen LogP contribution in [-0.4, -0.2) is 72.0 Å². The van der Waals surface area contributed by atoms with E-state index in [0.29, 0.717) is 19.3 Å². The number of esters is 1. The molecular weight excluding hydrogens is 452 g/mol.